The lowest BCUT2D eigenvalue weighted by atomic mass is 10.1. The van der Waals surface area contributed by atoms with Crippen molar-refractivity contribution in [1.29, 1.82) is 0 Å². The van der Waals surface area contributed by atoms with E-state index >= 15 is 0 Å². The fraction of sp³-hybridized carbons (Fsp3) is 0.750. The summed E-state index contributed by atoms with van der Waals surface area (Å²) < 4.78 is 0. The monoisotopic (exact) mass is 291 g/mol. The molecule has 2 rings (SSSR count). The molecule has 118 valence electrons. The highest BCUT2D eigenvalue weighted by atomic mass is 15.4. The standard InChI is InChI=1S/C16H29N5/c1-4-7-15(19-14(3)5-2)20-10-12-21(13-11-20)16-17-8-6-9-18-16/h6,8-9,14-15,19H,4-5,7,10-13H2,1-3H3. The van der Waals surface area contributed by atoms with Gasteiger partial charge in [0.05, 0.1) is 6.17 Å². The van der Waals surface area contributed by atoms with Crippen molar-refractivity contribution >= 4 is 5.95 Å². The summed E-state index contributed by atoms with van der Waals surface area (Å²) in [7, 11) is 0. The van der Waals surface area contributed by atoms with Crippen LogP contribution >= 0.6 is 0 Å². The second kappa shape index (κ2) is 8.29. The largest absolute Gasteiger partial charge is 0.338 e. The van der Waals surface area contributed by atoms with Crippen LogP contribution in [0.25, 0.3) is 0 Å². The van der Waals surface area contributed by atoms with Crippen LogP contribution in [0.2, 0.25) is 0 Å². The van der Waals surface area contributed by atoms with Crippen LogP contribution < -0.4 is 10.2 Å². The summed E-state index contributed by atoms with van der Waals surface area (Å²) in [5.74, 6) is 0.860. The van der Waals surface area contributed by atoms with Gasteiger partial charge < -0.3 is 4.90 Å². The molecule has 5 heteroatoms. The smallest absolute Gasteiger partial charge is 0.225 e. The van der Waals surface area contributed by atoms with E-state index in [2.05, 4.69) is 45.9 Å². The number of aromatic nitrogens is 2. The lowest BCUT2D eigenvalue weighted by molar-refractivity contribution is 0.135. The predicted molar refractivity (Wildman–Crippen MR) is 87.4 cm³/mol. The van der Waals surface area contributed by atoms with Gasteiger partial charge in [0.25, 0.3) is 0 Å². The van der Waals surface area contributed by atoms with Gasteiger partial charge in [-0.05, 0) is 25.8 Å². The Hall–Kier alpha value is -1.20. The summed E-state index contributed by atoms with van der Waals surface area (Å²) in [6.07, 6.45) is 7.75. The molecule has 1 aliphatic rings. The molecule has 1 fully saturated rings. The van der Waals surface area contributed by atoms with E-state index < -0.39 is 0 Å². The SMILES string of the molecule is CCCC(NC(C)CC)N1CCN(c2ncccn2)CC1. The van der Waals surface area contributed by atoms with E-state index in [0.717, 1.165) is 32.1 Å². The zero-order valence-electron chi connectivity index (χ0n) is 13.6. The predicted octanol–water partition coefficient (Wildman–Crippen LogP) is 2.11. The van der Waals surface area contributed by atoms with E-state index in [9.17, 15) is 0 Å². The van der Waals surface area contributed by atoms with E-state index in [0.29, 0.717) is 12.2 Å². The number of hydrogen-bond donors (Lipinski definition) is 1. The molecule has 0 bridgehead atoms. The third-order valence-electron chi connectivity index (χ3n) is 4.24. The maximum absolute atomic E-state index is 4.35. The zero-order chi connectivity index (χ0) is 15.1. The van der Waals surface area contributed by atoms with Gasteiger partial charge in [-0.1, -0.05) is 20.3 Å². The van der Waals surface area contributed by atoms with Crippen LogP contribution in [-0.4, -0.2) is 53.3 Å². The number of rotatable bonds is 7. The lowest BCUT2D eigenvalue weighted by Gasteiger charge is -2.40. The van der Waals surface area contributed by atoms with Crippen LogP contribution in [0.15, 0.2) is 18.5 Å². The highest BCUT2D eigenvalue weighted by Crippen LogP contribution is 2.14. The van der Waals surface area contributed by atoms with Crippen LogP contribution in [0, 0.1) is 0 Å². The summed E-state index contributed by atoms with van der Waals surface area (Å²) in [5.41, 5.74) is 0. The summed E-state index contributed by atoms with van der Waals surface area (Å²) >= 11 is 0. The molecule has 0 spiro atoms. The minimum atomic E-state index is 0.504. The van der Waals surface area contributed by atoms with Crippen LogP contribution in [0.1, 0.15) is 40.0 Å². The molecule has 21 heavy (non-hydrogen) atoms. The van der Waals surface area contributed by atoms with E-state index in [1.54, 1.807) is 0 Å². The first-order valence-electron chi connectivity index (χ1n) is 8.26. The molecule has 2 unspecified atom stereocenters. The molecule has 1 N–H and O–H groups in total. The number of piperazine rings is 1. The molecule has 1 aromatic heterocycles. The Balaban J connectivity index is 1.88. The van der Waals surface area contributed by atoms with Gasteiger partial charge in [-0.2, -0.15) is 0 Å². The molecular formula is C16H29N5. The van der Waals surface area contributed by atoms with Crippen molar-refractivity contribution in [2.75, 3.05) is 31.1 Å². The van der Waals surface area contributed by atoms with Crippen molar-refractivity contribution in [2.45, 2.75) is 52.2 Å². The van der Waals surface area contributed by atoms with Crippen molar-refractivity contribution in [1.82, 2.24) is 20.2 Å². The Bertz CT molecular complexity index is 389. The second-order valence-electron chi connectivity index (χ2n) is 5.85. The molecule has 2 atom stereocenters. The third kappa shape index (κ3) is 4.64. The average Bonchev–Trinajstić information content (AvgIpc) is 2.55. The first-order chi connectivity index (χ1) is 10.2. The minimum Gasteiger partial charge on any atom is -0.338 e. The molecule has 0 aliphatic carbocycles. The molecular weight excluding hydrogens is 262 g/mol. The van der Waals surface area contributed by atoms with Gasteiger partial charge in [-0.3, -0.25) is 10.2 Å². The topological polar surface area (TPSA) is 44.3 Å². The van der Waals surface area contributed by atoms with Gasteiger partial charge in [-0.25, -0.2) is 9.97 Å². The lowest BCUT2D eigenvalue weighted by Crippen LogP contribution is -2.56. The summed E-state index contributed by atoms with van der Waals surface area (Å²) in [5, 5.41) is 3.77. The molecule has 0 aromatic carbocycles. The van der Waals surface area contributed by atoms with Gasteiger partial charge in [0.1, 0.15) is 0 Å². The average molecular weight is 291 g/mol. The van der Waals surface area contributed by atoms with Gasteiger partial charge in [-0.15, -0.1) is 0 Å². The Morgan fingerprint density at radius 2 is 1.81 bits per heavy atom. The van der Waals surface area contributed by atoms with Crippen molar-refractivity contribution in [3.8, 4) is 0 Å². The normalized spacial score (nSPS) is 19.5. The van der Waals surface area contributed by atoms with Gasteiger partial charge in [0.15, 0.2) is 0 Å². The molecule has 0 amide bonds. The number of nitrogens with one attached hydrogen (secondary N) is 1. The Morgan fingerprint density at radius 1 is 1.14 bits per heavy atom. The minimum absolute atomic E-state index is 0.504. The van der Waals surface area contributed by atoms with Crippen LogP contribution in [0.3, 0.4) is 0 Å². The highest BCUT2D eigenvalue weighted by molar-refractivity contribution is 5.29. The van der Waals surface area contributed by atoms with Gasteiger partial charge >= 0.3 is 0 Å². The summed E-state index contributed by atoms with van der Waals surface area (Å²) in [4.78, 5) is 13.6. The molecule has 1 aromatic rings. The van der Waals surface area contributed by atoms with Gasteiger partial charge in [0.2, 0.25) is 5.95 Å². The van der Waals surface area contributed by atoms with E-state index in [1.165, 1.54) is 19.3 Å². The first kappa shape index (κ1) is 16.2. The van der Waals surface area contributed by atoms with Crippen molar-refractivity contribution < 1.29 is 0 Å². The molecule has 1 aliphatic heterocycles. The van der Waals surface area contributed by atoms with Crippen molar-refractivity contribution in [3.63, 3.8) is 0 Å². The number of nitrogens with zero attached hydrogens (tertiary/aromatic N) is 4. The van der Waals surface area contributed by atoms with Crippen LogP contribution in [-0.2, 0) is 0 Å². The molecule has 2 heterocycles. The van der Waals surface area contributed by atoms with E-state index in [1.807, 2.05) is 18.5 Å². The Labute approximate surface area is 128 Å². The maximum atomic E-state index is 4.35. The third-order valence-corrected chi connectivity index (χ3v) is 4.24. The Morgan fingerprint density at radius 3 is 2.38 bits per heavy atom. The fourth-order valence-electron chi connectivity index (χ4n) is 2.78. The van der Waals surface area contributed by atoms with Crippen molar-refractivity contribution in [3.05, 3.63) is 18.5 Å². The van der Waals surface area contributed by atoms with Crippen LogP contribution in [0.5, 0.6) is 0 Å². The number of anilines is 1. The molecule has 5 nitrogen and oxygen atoms in total. The maximum Gasteiger partial charge on any atom is 0.225 e. The Kier molecular flexibility index (Phi) is 6.39. The fourth-order valence-corrected chi connectivity index (χ4v) is 2.78. The van der Waals surface area contributed by atoms with E-state index in [4.69, 9.17) is 0 Å². The number of hydrogen-bond acceptors (Lipinski definition) is 5. The van der Waals surface area contributed by atoms with Crippen molar-refractivity contribution in [2.24, 2.45) is 0 Å². The summed E-state index contributed by atoms with van der Waals surface area (Å²) in [6, 6.07) is 2.45. The highest BCUT2D eigenvalue weighted by Gasteiger charge is 2.24. The summed E-state index contributed by atoms with van der Waals surface area (Å²) in [6.45, 7) is 10.9. The molecule has 1 saturated heterocycles. The molecule has 0 saturated carbocycles. The quantitative estimate of drug-likeness (QED) is 0.833. The second-order valence-corrected chi connectivity index (χ2v) is 5.85. The molecule has 0 radical (unpaired) electrons. The van der Waals surface area contributed by atoms with Gasteiger partial charge in [0, 0.05) is 44.6 Å². The first-order valence-corrected chi connectivity index (χ1v) is 8.26. The zero-order valence-corrected chi connectivity index (χ0v) is 13.6. The van der Waals surface area contributed by atoms with E-state index in [-0.39, 0.29) is 0 Å². The van der Waals surface area contributed by atoms with Crippen LogP contribution in [0.4, 0.5) is 5.95 Å².